The molecule has 14 heavy (non-hydrogen) atoms. The molecule has 4 nitrogen and oxygen atoms in total. The molecule has 1 aliphatic rings. The molecule has 0 aliphatic carbocycles. The number of hydrogen-bond donors (Lipinski definition) is 2. The van der Waals surface area contributed by atoms with Crippen LogP contribution in [0.15, 0.2) is 5.38 Å². The molecule has 2 rings (SSSR count). The number of likely N-dealkylation sites (tertiary alicyclic amines) is 1. The highest BCUT2D eigenvalue weighted by molar-refractivity contribution is 7.13. The first-order valence-electron chi connectivity index (χ1n) is 4.72. The second kappa shape index (κ2) is 3.49. The van der Waals surface area contributed by atoms with E-state index in [1.54, 1.807) is 11.3 Å². The standard InChI is InChI=1S/C9H16N4S/c1-9(2)5-13(6-9)3-7-4-14-8(11-7)12-10/h4H,3,5-6,10H2,1-2H3,(H,11,12). The number of hydrazine groups is 1. The van der Waals surface area contributed by atoms with Gasteiger partial charge in [0.05, 0.1) is 5.69 Å². The molecule has 5 heteroatoms. The van der Waals surface area contributed by atoms with E-state index in [9.17, 15) is 0 Å². The Labute approximate surface area is 88.1 Å². The van der Waals surface area contributed by atoms with Crippen molar-refractivity contribution in [3.63, 3.8) is 0 Å². The summed E-state index contributed by atoms with van der Waals surface area (Å²) in [4.78, 5) is 6.74. The number of nitrogens with zero attached hydrogens (tertiary/aromatic N) is 2. The summed E-state index contributed by atoms with van der Waals surface area (Å²) in [5.41, 5.74) is 4.16. The number of thiazole rings is 1. The third kappa shape index (κ3) is 2.05. The molecule has 0 bridgehead atoms. The third-order valence-corrected chi connectivity index (χ3v) is 3.19. The molecule has 1 aromatic rings. The number of nitrogens with one attached hydrogen (secondary N) is 1. The van der Waals surface area contributed by atoms with Gasteiger partial charge in [0.2, 0.25) is 0 Å². The molecule has 0 unspecified atom stereocenters. The molecule has 0 saturated carbocycles. The molecule has 2 heterocycles. The molecule has 3 N–H and O–H groups in total. The third-order valence-electron chi connectivity index (χ3n) is 2.36. The molecular weight excluding hydrogens is 196 g/mol. The van der Waals surface area contributed by atoms with E-state index in [-0.39, 0.29) is 0 Å². The Bertz CT molecular complexity index is 312. The molecule has 0 atom stereocenters. The number of hydrogen-bond acceptors (Lipinski definition) is 5. The average Bonchev–Trinajstić information content (AvgIpc) is 2.49. The van der Waals surface area contributed by atoms with Gasteiger partial charge in [-0.15, -0.1) is 11.3 Å². The highest BCUT2D eigenvalue weighted by atomic mass is 32.1. The fraction of sp³-hybridized carbons (Fsp3) is 0.667. The molecule has 78 valence electrons. The van der Waals surface area contributed by atoms with Gasteiger partial charge in [-0.25, -0.2) is 10.8 Å². The molecule has 0 spiro atoms. The molecule has 1 aromatic heterocycles. The van der Waals surface area contributed by atoms with Crippen molar-refractivity contribution in [3.05, 3.63) is 11.1 Å². The summed E-state index contributed by atoms with van der Waals surface area (Å²) in [7, 11) is 0. The smallest absolute Gasteiger partial charge is 0.197 e. The molecule has 1 fully saturated rings. The zero-order valence-corrected chi connectivity index (χ0v) is 9.40. The van der Waals surface area contributed by atoms with Crippen LogP contribution in [0.5, 0.6) is 0 Å². The van der Waals surface area contributed by atoms with E-state index in [0.29, 0.717) is 5.41 Å². The Hall–Kier alpha value is -0.650. The Balaban J connectivity index is 1.87. The molecule has 0 radical (unpaired) electrons. The van der Waals surface area contributed by atoms with E-state index >= 15 is 0 Å². The minimum atomic E-state index is 0.491. The maximum atomic E-state index is 5.27. The van der Waals surface area contributed by atoms with Crippen molar-refractivity contribution in [2.24, 2.45) is 11.3 Å². The first-order valence-corrected chi connectivity index (χ1v) is 5.60. The van der Waals surface area contributed by atoms with Crippen LogP contribution < -0.4 is 11.3 Å². The van der Waals surface area contributed by atoms with Crippen molar-refractivity contribution in [1.29, 1.82) is 0 Å². The van der Waals surface area contributed by atoms with Gasteiger partial charge in [0.25, 0.3) is 0 Å². The first kappa shape index (κ1) is 9.89. The molecule has 0 aromatic carbocycles. The second-order valence-corrected chi connectivity index (χ2v) is 5.46. The number of nitrogens with two attached hydrogens (primary N) is 1. The van der Waals surface area contributed by atoms with Crippen LogP contribution in [-0.4, -0.2) is 23.0 Å². The highest BCUT2D eigenvalue weighted by Crippen LogP contribution is 2.30. The van der Waals surface area contributed by atoms with E-state index in [0.717, 1.165) is 30.5 Å². The van der Waals surface area contributed by atoms with Crippen LogP contribution in [0, 0.1) is 5.41 Å². The summed E-state index contributed by atoms with van der Waals surface area (Å²) >= 11 is 1.55. The monoisotopic (exact) mass is 212 g/mol. The van der Waals surface area contributed by atoms with Gasteiger partial charge in [0, 0.05) is 25.0 Å². The minimum absolute atomic E-state index is 0.491. The van der Waals surface area contributed by atoms with E-state index in [1.807, 2.05) is 0 Å². The van der Waals surface area contributed by atoms with Gasteiger partial charge in [0.1, 0.15) is 0 Å². The van der Waals surface area contributed by atoms with E-state index in [4.69, 9.17) is 5.84 Å². The largest absolute Gasteiger partial charge is 0.300 e. The molecular formula is C9H16N4S. The fourth-order valence-electron chi connectivity index (χ4n) is 1.95. The van der Waals surface area contributed by atoms with Crippen LogP contribution >= 0.6 is 11.3 Å². The van der Waals surface area contributed by atoms with Crippen LogP contribution in [0.25, 0.3) is 0 Å². The number of aromatic nitrogens is 1. The summed E-state index contributed by atoms with van der Waals surface area (Å²) in [5.74, 6) is 5.27. The van der Waals surface area contributed by atoms with Gasteiger partial charge in [-0.05, 0) is 5.41 Å². The van der Waals surface area contributed by atoms with Gasteiger partial charge in [-0.2, -0.15) is 0 Å². The maximum absolute atomic E-state index is 5.27. The van der Waals surface area contributed by atoms with Crippen LogP contribution in [0.4, 0.5) is 5.13 Å². The van der Waals surface area contributed by atoms with Crippen molar-refractivity contribution >= 4 is 16.5 Å². The Morgan fingerprint density at radius 3 is 2.86 bits per heavy atom. The van der Waals surface area contributed by atoms with Gasteiger partial charge >= 0.3 is 0 Å². The van der Waals surface area contributed by atoms with Gasteiger partial charge in [-0.1, -0.05) is 13.8 Å². The molecule has 1 saturated heterocycles. The zero-order chi connectivity index (χ0) is 10.2. The van der Waals surface area contributed by atoms with Crippen LogP contribution in [-0.2, 0) is 6.54 Å². The number of anilines is 1. The summed E-state index contributed by atoms with van der Waals surface area (Å²) in [6.07, 6.45) is 0. The number of nitrogen functional groups attached to an aromatic ring is 1. The summed E-state index contributed by atoms with van der Waals surface area (Å²) in [6.45, 7) is 7.85. The second-order valence-electron chi connectivity index (χ2n) is 4.60. The number of rotatable bonds is 3. The van der Waals surface area contributed by atoms with Gasteiger partial charge in [0.15, 0.2) is 5.13 Å². The van der Waals surface area contributed by atoms with E-state index < -0.39 is 0 Å². The molecule has 0 amide bonds. The lowest BCUT2D eigenvalue weighted by atomic mass is 9.84. The average molecular weight is 212 g/mol. The summed E-state index contributed by atoms with van der Waals surface area (Å²) in [6, 6.07) is 0. The minimum Gasteiger partial charge on any atom is -0.300 e. The maximum Gasteiger partial charge on any atom is 0.197 e. The summed E-state index contributed by atoms with van der Waals surface area (Å²) < 4.78 is 0. The quantitative estimate of drug-likeness (QED) is 0.585. The van der Waals surface area contributed by atoms with E-state index in [2.05, 4.69) is 34.5 Å². The predicted molar refractivity (Wildman–Crippen MR) is 59.0 cm³/mol. The Kier molecular flexibility index (Phi) is 2.47. The Morgan fingerprint density at radius 1 is 1.64 bits per heavy atom. The van der Waals surface area contributed by atoms with Gasteiger partial charge in [-0.3, -0.25) is 10.3 Å². The van der Waals surface area contributed by atoms with Crippen molar-refractivity contribution < 1.29 is 0 Å². The van der Waals surface area contributed by atoms with E-state index in [1.165, 1.54) is 0 Å². The highest BCUT2D eigenvalue weighted by Gasteiger charge is 2.33. The SMILES string of the molecule is CC1(C)CN(Cc2csc(NN)n2)C1. The molecule has 1 aliphatic heterocycles. The lowest BCUT2D eigenvalue weighted by Gasteiger charge is -2.45. The lowest BCUT2D eigenvalue weighted by Crippen LogP contribution is -2.52. The van der Waals surface area contributed by atoms with Crippen molar-refractivity contribution in [1.82, 2.24) is 9.88 Å². The fourth-order valence-corrected chi connectivity index (χ4v) is 2.56. The predicted octanol–water partition coefficient (Wildman–Crippen LogP) is 1.27. The van der Waals surface area contributed by atoms with Gasteiger partial charge < -0.3 is 0 Å². The van der Waals surface area contributed by atoms with Crippen molar-refractivity contribution in [2.45, 2.75) is 20.4 Å². The van der Waals surface area contributed by atoms with Crippen LogP contribution in [0.2, 0.25) is 0 Å². The topological polar surface area (TPSA) is 54.2 Å². The normalized spacial score (nSPS) is 20.5. The lowest BCUT2D eigenvalue weighted by molar-refractivity contribution is 0.0234. The van der Waals surface area contributed by atoms with Crippen molar-refractivity contribution in [3.8, 4) is 0 Å². The first-order chi connectivity index (χ1) is 6.59. The summed E-state index contributed by atoms with van der Waals surface area (Å²) in [5, 5.41) is 2.85. The Morgan fingerprint density at radius 2 is 2.36 bits per heavy atom. The van der Waals surface area contributed by atoms with Crippen LogP contribution in [0.1, 0.15) is 19.5 Å². The zero-order valence-electron chi connectivity index (χ0n) is 8.58. The van der Waals surface area contributed by atoms with Crippen molar-refractivity contribution in [2.75, 3.05) is 18.5 Å². The van der Waals surface area contributed by atoms with Crippen LogP contribution in [0.3, 0.4) is 0 Å².